The molecule has 1 aliphatic heterocycles. The average molecular weight is 353 g/mol. The number of hydrogen-bond donors (Lipinski definition) is 0. The Kier molecular flexibility index (Phi) is 3.51. The molecule has 4 atom stereocenters. The first kappa shape index (κ1) is 16.6. The molecule has 4 heteroatoms. The number of Topliss-reactive ketones (excluding diaryl/α,β-unsaturated/α-hetero) is 2. The maximum atomic E-state index is 13.6. The second kappa shape index (κ2) is 5.49. The van der Waals surface area contributed by atoms with Gasteiger partial charge in [-0.25, -0.2) is 0 Å². The van der Waals surface area contributed by atoms with Crippen LogP contribution in [-0.4, -0.2) is 48.3 Å². The topological polar surface area (TPSA) is 46.6 Å². The molecule has 1 aromatic carbocycles. The molecule has 1 heterocycles. The zero-order valence-corrected chi connectivity index (χ0v) is 15.5. The van der Waals surface area contributed by atoms with E-state index in [0.29, 0.717) is 50.0 Å². The first-order valence-electron chi connectivity index (χ1n) is 9.94. The highest BCUT2D eigenvalue weighted by molar-refractivity contribution is 5.98. The summed E-state index contributed by atoms with van der Waals surface area (Å²) in [5, 5.41) is 0. The van der Waals surface area contributed by atoms with Crippen LogP contribution in [0, 0.1) is 11.3 Å². The summed E-state index contributed by atoms with van der Waals surface area (Å²) in [6.07, 6.45) is 3.59. The van der Waals surface area contributed by atoms with Gasteiger partial charge in [-0.15, -0.1) is 0 Å². The normalized spacial score (nSPS) is 42.9. The van der Waals surface area contributed by atoms with E-state index in [1.165, 1.54) is 0 Å². The molecule has 0 N–H and O–H groups in total. The molecule has 4 unspecified atom stereocenters. The van der Waals surface area contributed by atoms with Crippen LogP contribution in [0.25, 0.3) is 0 Å². The van der Waals surface area contributed by atoms with Gasteiger partial charge in [0.1, 0.15) is 11.6 Å². The largest absolute Gasteiger partial charge is 0.379 e. The highest BCUT2D eigenvalue weighted by Gasteiger charge is 2.67. The Bertz CT molecular complexity index is 756. The van der Waals surface area contributed by atoms with Crippen molar-refractivity contribution < 1.29 is 14.3 Å². The van der Waals surface area contributed by atoms with Gasteiger partial charge in [-0.2, -0.15) is 0 Å². The molecule has 3 saturated carbocycles. The van der Waals surface area contributed by atoms with Crippen LogP contribution < -0.4 is 0 Å². The molecule has 0 aromatic heterocycles. The quantitative estimate of drug-likeness (QED) is 0.820. The van der Waals surface area contributed by atoms with Crippen molar-refractivity contribution in [2.75, 3.05) is 26.3 Å². The zero-order valence-electron chi connectivity index (χ0n) is 15.5. The number of morpholine rings is 1. The number of rotatable bonds is 2. The maximum absolute atomic E-state index is 13.6. The second-order valence-electron chi connectivity index (χ2n) is 9.19. The summed E-state index contributed by atoms with van der Waals surface area (Å²) in [6, 6.07) is 10.2. The minimum Gasteiger partial charge on any atom is -0.379 e. The monoisotopic (exact) mass is 353 g/mol. The Morgan fingerprint density at radius 2 is 1.69 bits per heavy atom. The van der Waals surface area contributed by atoms with Crippen LogP contribution in [0.4, 0.5) is 0 Å². The van der Waals surface area contributed by atoms with E-state index < -0.39 is 5.41 Å². The number of ketones is 2. The van der Waals surface area contributed by atoms with E-state index in [1.807, 2.05) is 18.2 Å². The molecule has 26 heavy (non-hydrogen) atoms. The Balaban J connectivity index is 1.63. The summed E-state index contributed by atoms with van der Waals surface area (Å²) in [4.78, 5) is 29.3. The van der Waals surface area contributed by atoms with Gasteiger partial charge in [-0.1, -0.05) is 37.3 Å². The van der Waals surface area contributed by atoms with Crippen molar-refractivity contribution in [3.05, 3.63) is 35.9 Å². The van der Waals surface area contributed by atoms with Crippen molar-refractivity contribution >= 4 is 11.6 Å². The summed E-state index contributed by atoms with van der Waals surface area (Å²) < 4.78 is 5.55. The molecule has 3 bridgehead atoms. The Morgan fingerprint density at radius 1 is 1.00 bits per heavy atom. The molecule has 0 amide bonds. The van der Waals surface area contributed by atoms with Crippen LogP contribution >= 0.6 is 0 Å². The molecule has 5 rings (SSSR count). The van der Waals surface area contributed by atoms with Gasteiger partial charge >= 0.3 is 0 Å². The van der Waals surface area contributed by atoms with E-state index in [-0.39, 0.29) is 11.0 Å². The first-order chi connectivity index (χ1) is 12.5. The molecule has 4 aliphatic rings. The van der Waals surface area contributed by atoms with E-state index in [4.69, 9.17) is 4.74 Å². The molecule has 0 radical (unpaired) electrons. The van der Waals surface area contributed by atoms with E-state index in [2.05, 4.69) is 24.0 Å². The van der Waals surface area contributed by atoms with Gasteiger partial charge in [-0.3, -0.25) is 14.5 Å². The third-order valence-corrected chi connectivity index (χ3v) is 7.85. The van der Waals surface area contributed by atoms with Crippen LogP contribution in [0.5, 0.6) is 0 Å². The molecular formula is C22H27NO3. The molecule has 1 saturated heterocycles. The summed E-state index contributed by atoms with van der Waals surface area (Å²) in [5.74, 6) is 1.13. The summed E-state index contributed by atoms with van der Waals surface area (Å²) in [6.45, 7) is 5.20. The lowest BCUT2D eigenvalue weighted by Crippen LogP contribution is -2.71. The van der Waals surface area contributed by atoms with Gasteiger partial charge in [0.05, 0.1) is 18.6 Å². The Hall–Kier alpha value is -1.52. The van der Waals surface area contributed by atoms with Crippen LogP contribution in [0.2, 0.25) is 0 Å². The van der Waals surface area contributed by atoms with E-state index in [0.717, 1.165) is 31.5 Å². The van der Waals surface area contributed by atoms with E-state index in [1.54, 1.807) is 0 Å². The van der Waals surface area contributed by atoms with Crippen molar-refractivity contribution in [3.8, 4) is 0 Å². The van der Waals surface area contributed by atoms with Crippen molar-refractivity contribution in [2.24, 2.45) is 11.3 Å². The lowest BCUT2D eigenvalue weighted by molar-refractivity contribution is -0.173. The molecule has 138 valence electrons. The lowest BCUT2D eigenvalue weighted by Gasteiger charge is -2.65. The highest BCUT2D eigenvalue weighted by Crippen LogP contribution is 2.63. The number of nitrogens with zero attached hydrogens (tertiary/aromatic N) is 1. The molecule has 3 aliphatic carbocycles. The number of carbonyl (C=O) groups is 2. The average Bonchev–Trinajstić information content (AvgIpc) is 2.66. The third-order valence-electron chi connectivity index (χ3n) is 7.85. The highest BCUT2D eigenvalue weighted by atomic mass is 16.5. The fraction of sp³-hybridized carbons (Fsp3) is 0.636. The van der Waals surface area contributed by atoms with Gasteiger partial charge in [0.25, 0.3) is 0 Å². The number of hydrogen-bond acceptors (Lipinski definition) is 4. The molecule has 4 fully saturated rings. The van der Waals surface area contributed by atoms with Crippen molar-refractivity contribution in [2.45, 2.75) is 50.0 Å². The van der Waals surface area contributed by atoms with Crippen LogP contribution in [0.3, 0.4) is 0 Å². The van der Waals surface area contributed by atoms with Crippen molar-refractivity contribution in [3.63, 3.8) is 0 Å². The standard InChI is InChI=1S/C22H27NO3/c1-20-11-17-12-21(15-20,16-5-3-2-4-6-16)19(25)14-22(17,13-18(20)24)23-7-9-26-10-8-23/h2-6,17H,7-15H2,1H3. The maximum Gasteiger partial charge on any atom is 0.145 e. The molecule has 1 aromatic rings. The number of carbonyl (C=O) groups excluding carboxylic acids is 2. The number of fused-ring (bicyclic) bond motifs is 2. The molecular weight excluding hydrogens is 326 g/mol. The fourth-order valence-electron chi connectivity index (χ4n) is 6.57. The van der Waals surface area contributed by atoms with Gasteiger partial charge < -0.3 is 4.74 Å². The van der Waals surface area contributed by atoms with Crippen LogP contribution in [0.1, 0.15) is 44.6 Å². The van der Waals surface area contributed by atoms with Gasteiger partial charge in [0, 0.05) is 36.9 Å². The zero-order chi connectivity index (χ0) is 18.0. The molecule has 4 nitrogen and oxygen atoms in total. The van der Waals surface area contributed by atoms with Gasteiger partial charge in [0.2, 0.25) is 0 Å². The van der Waals surface area contributed by atoms with Gasteiger partial charge in [-0.05, 0) is 30.7 Å². The fourth-order valence-corrected chi connectivity index (χ4v) is 6.57. The SMILES string of the molecule is CC12CC3CC(c4ccccc4)(C1)C(=O)CC3(N1CCOCC1)CC2=O. The Labute approximate surface area is 154 Å². The first-order valence-corrected chi connectivity index (χ1v) is 9.94. The summed E-state index contributed by atoms with van der Waals surface area (Å²) in [7, 11) is 0. The minimum atomic E-state index is -0.467. The predicted octanol–water partition coefficient (Wildman–Crippen LogP) is 2.75. The van der Waals surface area contributed by atoms with Gasteiger partial charge in [0.15, 0.2) is 0 Å². The number of benzene rings is 1. The lowest BCUT2D eigenvalue weighted by atomic mass is 9.42. The van der Waals surface area contributed by atoms with Crippen LogP contribution in [0.15, 0.2) is 30.3 Å². The smallest absolute Gasteiger partial charge is 0.145 e. The van der Waals surface area contributed by atoms with Crippen molar-refractivity contribution in [1.29, 1.82) is 0 Å². The summed E-state index contributed by atoms with van der Waals surface area (Å²) >= 11 is 0. The van der Waals surface area contributed by atoms with E-state index >= 15 is 0 Å². The van der Waals surface area contributed by atoms with E-state index in [9.17, 15) is 9.59 Å². The molecule has 0 spiro atoms. The summed E-state index contributed by atoms with van der Waals surface area (Å²) in [5.41, 5.74) is 0.0252. The minimum absolute atomic E-state index is 0.268. The predicted molar refractivity (Wildman–Crippen MR) is 97.9 cm³/mol. The van der Waals surface area contributed by atoms with Crippen molar-refractivity contribution in [1.82, 2.24) is 4.90 Å². The second-order valence-corrected chi connectivity index (χ2v) is 9.19. The third kappa shape index (κ3) is 2.09. The Morgan fingerprint density at radius 3 is 2.42 bits per heavy atom. The van der Waals surface area contributed by atoms with Crippen LogP contribution in [-0.2, 0) is 19.7 Å². The number of ether oxygens (including phenoxy) is 1.